The van der Waals surface area contributed by atoms with Gasteiger partial charge in [-0.05, 0) is 12.1 Å². The normalized spacial score (nSPS) is 9.71. The van der Waals surface area contributed by atoms with Gasteiger partial charge in [-0.3, -0.25) is 14.4 Å². The summed E-state index contributed by atoms with van der Waals surface area (Å²) in [6.45, 7) is 0.741. The highest BCUT2D eigenvalue weighted by atomic mass is 32.1. The number of nitrogens with one attached hydrogen (secondary N) is 2. The monoisotopic (exact) mass is 258 g/mol. The molecule has 17 heavy (non-hydrogen) atoms. The maximum Gasteiger partial charge on any atom is 0.332 e. The first-order valence-corrected chi connectivity index (χ1v) is 5.32. The molecule has 0 aliphatic rings. The Morgan fingerprint density at radius 1 is 1.41 bits per heavy atom. The zero-order valence-electron chi connectivity index (χ0n) is 8.85. The van der Waals surface area contributed by atoms with E-state index in [1.165, 1.54) is 13.0 Å². The molecule has 0 fully saturated rings. The van der Waals surface area contributed by atoms with Crippen molar-refractivity contribution >= 4 is 34.1 Å². The van der Waals surface area contributed by atoms with Gasteiger partial charge in [0.2, 0.25) is 5.91 Å². The minimum atomic E-state index is -1.18. The van der Waals surface area contributed by atoms with Crippen LogP contribution in [-0.2, 0) is 14.4 Å². The Kier molecular flexibility index (Phi) is 4.61. The lowest BCUT2D eigenvalue weighted by molar-refractivity contribution is -0.144. The third-order valence-electron chi connectivity index (χ3n) is 1.49. The second-order valence-electron chi connectivity index (χ2n) is 2.96. The molecule has 1 aromatic rings. The first kappa shape index (κ1) is 13.1. The van der Waals surface area contributed by atoms with Crippen LogP contribution in [0.1, 0.15) is 16.6 Å². The van der Waals surface area contributed by atoms with Crippen LogP contribution in [0, 0.1) is 0 Å². The molecule has 1 aromatic heterocycles. The quantitative estimate of drug-likeness (QED) is 0.665. The Hall–Kier alpha value is -1.93. The summed E-state index contributed by atoms with van der Waals surface area (Å²) in [5.41, 5.74) is 1.97. The fourth-order valence-electron chi connectivity index (χ4n) is 0.914. The van der Waals surface area contributed by atoms with E-state index >= 15 is 0 Å². The van der Waals surface area contributed by atoms with Crippen molar-refractivity contribution in [1.82, 2.24) is 5.48 Å². The first-order chi connectivity index (χ1) is 7.99. The number of thiophene rings is 1. The van der Waals surface area contributed by atoms with Crippen LogP contribution in [0.5, 0.6) is 0 Å². The summed E-state index contributed by atoms with van der Waals surface area (Å²) in [6, 6.07) is 3.06. The minimum absolute atomic E-state index is 0.235. The molecule has 8 heteroatoms. The first-order valence-electron chi connectivity index (χ1n) is 4.50. The molecule has 0 aliphatic carbocycles. The molecule has 3 N–H and O–H groups in total. The van der Waals surface area contributed by atoms with Crippen LogP contribution in [0.15, 0.2) is 12.1 Å². The van der Waals surface area contributed by atoms with Crippen molar-refractivity contribution in [3.8, 4) is 0 Å². The lowest BCUT2D eigenvalue weighted by Crippen LogP contribution is -2.25. The molecule has 2 amide bonds. The summed E-state index contributed by atoms with van der Waals surface area (Å²) >= 11 is 1.06. The molecule has 7 nitrogen and oxygen atoms in total. The Bertz CT molecular complexity index is 442. The molecule has 1 rings (SSSR count). The second-order valence-corrected chi connectivity index (χ2v) is 4.04. The molecule has 0 aromatic carbocycles. The number of rotatable bonds is 5. The van der Waals surface area contributed by atoms with Crippen molar-refractivity contribution in [2.45, 2.75) is 6.92 Å². The summed E-state index contributed by atoms with van der Waals surface area (Å²) in [6.07, 6.45) is 0. The van der Waals surface area contributed by atoms with Crippen LogP contribution in [0.2, 0.25) is 0 Å². The van der Waals surface area contributed by atoms with Crippen molar-refractivity contribution in [2.75, 3.05) is 11.9 Å². The third kappa shape index (κ3) is 4.62. The molecule has 0 saturated carbocycles. The van der Waals surface area contributed by atoms with Gasteiger partial charge in [0, 0.05) is 6.92 Å². The van der Waals surface area contributed by atoms with Crippen molar-refractivity contribution in [1.29, 1.82) is 0 Å². The molecule has 92 valence electrons. The highest BCUT2D eigenvalue weighted by Gasteiger charge is 2.10. The molecule has 0 saturated heterocycles. The SMILES string of the molecule is CC(=O)Nc1ccc(C(=O)NOCC(=O)O)s1. The molecule has 0 unspecified atom stereocenters. The van der Waals surface area contributed by atoms with E-state index in [2.05, 4.69) is 10.2 Å². The van der Waals surface area contributed by atoms with Gasteiger partial charge in [0.1, 0.15) is 0 Å². The van der Waals surface area contributed by atoms with Gasteiger partial charge in [-0.1, -0.05) is 0 Å². The lowest BCUT2D eigenvalue weighted by atomic mass is 10.4. The third-order valence-corrected chi connectivity index (χ3v) is 2.49. The van der Waals surface area contributed by atoms with Gasteiger partial charge in [0.15, 0.2) is 6.61 Å². The number of carbonyl (C=O) groups excluding carboxylic acids is 2. The van der Waals surface area contributed by atoms with Crippen molar-refractivity contribution in [2.24, 2.45) is 0 Å². The number of carbonyl (C=O) groups is 3. The van der Waals surface area contributed by atoms with E-state index in [1.54, 1.807) is 6.07 Å². The predicted molar refractivity (Wildman–Crippen MR) is 59.7 cm³/mol. The van der Waals surface area contributed by atoms with Crippen LogP contribution < -0.4 is 10.8 Å². The van der Waals surface area contributed by atoms with Gasteiger partial charge in [-0.2, -0.15) is 0 Å². The van der Waals surface area contributed by atoms with Gasteiger partial charge in [0.25, 0.3) is 5.91 Å². The Morgan fingerprint density at radius 3 is 2.71 bits per heavy atom. The van der Waals surface area contributed by atoms with Crippen LogP contribution in [0.3, 0.4) is 0 Å². The van der Waals surface area contributed by atoms with Gasteiger partial charge >= 0.3 is 5.97 Å². The van der Waals surface area contributed by atoms with E-state index in [0.717, 1.165) is 11.3 Å². The van der Waals surface area contributed by atoms with Crippen molar-refractivity contribution in [3.05, 3.63) is 17.0 Å². The Morgan fingerprint density at radius 2 is 2.12 bits per heavy atom. The molecular formula is C9H10N2O5S. The summed E-state index contributed by atoms with van der Waals surface area (Å²) in [4.78, 5) is 37.0. The zero-order chi connectivity index (χ0) is 12.8. The molecule has 1 heterocycles. The van der Waals surface area contributed by atoms with Gasteiger partial charge in [-0.25, -0.2) is 10.3 Å². The number of hydrogen-bond acceptors (Lipinski definition) is 5. The summed E-state index contributed by atoms with van der Waals surface area (Å²) in [5, 5.41) is 11.3. The van der Waals surface area contributed by atoms with Crippen molar-refractivity contribution < 1.29 is 24.3 Å². The predicted octanol–water partition coefficient (Wildman–Crippen LogP) is 0.452. The fourth-order valence-corrected chi connectivity index (χ4v) is 1.75. The summed E-state index contributed by atoms with van der Waals surface area (Å²) in [7, 11) is 0. The number of aliphatic carboxylic acids is 1. The molecule has 0 spiro atoms. The smallest absolute Gasteiger partial charge is 0.332 e. The molecule has 0 bridgehead atoms. The fraction of sp³-hybridized carbons (Fsp3) is 0.222. The van der Waals surface area contributed by atoms with Gasteiger partial charge in [0.05, 0.1) is 9.88 Å². The summed E-state index contributed by atoms with van der Waals surface area (Å²) < 4.78 is 0. The Balaban J connectivity index is 2.49. The number of carboxylic acids is 1. The second kappa shape index (κ2) is 5.97. The molecule has 0 atom stereocenters. The van der Waals surface area contributed by atoms with E-state index in [4.69, 9.17) is 5.11 Å². The molecule has 0 aliphatic heterocycles. The maximum absolute atomic E-state index is 11.4. The van der Waals surface area contributed by atoms with Crippen LogP contribution in [0.4, 0.5) is 5.00 Å². The van der Waals surface area contributed by atoms with E-state index < -0.39 is 18.5 Å². The van der Waals surface area contributed by atoms with E-state index in [1.807, 2.05) is 5.48 Å². The Labute approximate surface area is 100 Å². The number of anilines is 1. The average molecular weight is 258 g/mol. The molecular weight excluding hydrogens is 248 g/mol. The van der Waals surface area contributed by atoms with Crippen molar-refractivity contribution in [3.63, 3.8) is 0 Å². The van der Waals surface area contributed by atoms with E-state index in [9.17, 15) is 14.4 Å². The highest BCUT2D eigenvalue weighted by molar-refractivity contribution is 7.18. The number of carboxylic acid groups (broad SMARTS) is 1. The largest absolute Gasteiger partial charge is 0.479 e. The van der Waals surface area contributed by atoms with Crippen LogP contribution in [-0.4, -0.2) is 29.5 Å². The highest BCUT2D eigenvalue weighted by Crippen LogP contribution is 2.21. The zero-order valence-corrected chi connectivity index (χ0v) is 9.67. The van der Waals surface area contributed by atoms with E-state index in [0.29, 0.717) is 9.88 Å². The number of hydroxylamine groups is 1. The average Bonchev–Trinajstić information content (AvgIpc) is 2.64. The van der Waals surface area contributed by atoms with Crippen LogP contribution >= 0.6 is 11.3 Å². The van der Waals surface area contributed by atoms with Gasteiger partial charge in [-0.15, -0.1) is 11.3 Å². The lowest BCUT2D eigenvalue weighted by Gasteiger charge is -2.01. The summed E-state index contributed by atoms with van der Waals surface area (Å²) in [5.74, 6) is -1.98. The number of amides is 2. The molecule has 0 radical (unpaired) electrons. The van der Waals surface area contributed by atoms with Crippen LogP contribution in [0.25, 0.3) is 0 Å². The minimum Gasteiger partial charge on any atom is -0.479 e. The maximum atomic E-state index is 11.4. The topological polar surface area (TPSA) is 105 Å². The van der Waals surface area contributed by atoms with Gasteiger partial charge < -0.3 is 10.4 Å². The standard InChI is InChI=1S/C9H10N2O5S/c1-5(12)10-7-3-2-6(17-7)9(15)11-16-4-8(13)14/h2-3H,4H2,1H3,(H,10,12)(H,11,15)(H,13,14). The van der Waals surface area contributed by atoms with E-state index in [-0.39, 0.29) is 5.91 Å². The number of hydrogen-bond donors (Lipinski definition) is 3.